The molecule has 1 aromatic rings. The van der Waals surface area contributed by atoms with Gasteiger partial charge in [-0.3, -0.25) is 0 Å². The van der Waals surface area contributed by atoms with Gasteiger partial charge in [-0.1, -0.05) is 6.42 Å². The van der Waals surface area contributed by atoms with Crippen LogP contribution >= 0.6 is 0 Å². The molecule has 5 heteroatoms. The highest BCUT2D eigenvalue weighted by atomic mass is 16.3. The van der Waals surface area contributed by atoms with Gasteiger partial charge in [-0.2, -0.15) is 5.26 Å². The van der Waals surface area contributed by atoms with Crippen LogP contribution in [0.4, 0.5) is 11.5 Å². The van der Waals surface area contributed by atoms with Gasteiger partial charge in [0.15, 0.2) is 0 Å². The van der Waals surface area contributed by atoms with E-state index in [9.17, 15) is 5.11 Å². The maximum Gasteiger partial charge on any atom is 0.143 e. The summed E-state index contributed by atoms with van der Waals surface area (Å²) in [6.45, 7) is 0.696. The summed E-state index contributed by atoms with van der Waals surface area (Å²) in [6.07, 6.45) is 7.80. The summed E-state index contributed by atoms with van der Waals surface area (Å²) in [6, 6.07) is 3.86. The number of hydrogen-bond acceptors (Lipinski definition) is 5. The molecule has 5 nitrogen and oxygen atoms in total. The first-order chi connectivity index (χ1) is 9.60. The molecule has 2 aliphatic carbocycles. The highest BCUT2D eigenvalue weighted by Gasteiger charge is 2.56. The summed E-state index contributed by atoms with van der Waals surface area (Å²) >= 11 is 0. The van der Waals surface area contributed by atoms with Gasteiger partial charge in [0.25, 0.3) is 0 Å². The standard InChI is InChI=1S/C15H20N4O/c16-9-11-12(3-8-18-13(11)17)19-10-14(4-1-5-14)15(20)6-2-7-15/h3,8,20H,1-2,4-7,10H2,(H3,17,18,19). The third kappa shape index (κ3) is 1.83. The van der Waals surface area contributed by atoms with E-state index >= 15 is 0 Å². The average molecular weight is 272 g/mol. The van der Waals surface area contributed by atoms with Crippen molar-refractivity contribution in [1.82, 2.24) is 4.98 Å². The molecule has 1 aromatic heterocycles. The van der Waals surface area contributed by atoms with Gasteiger partial charge in [0.05, 0.1) is 11.3 Å². The molecule has 0 radical (unpaired) electrons. The third-order valence-corrected chi connectivity index (χ3v) is 5.19. The van der Waals surface area contributed by atoms with E-state index in [0.29, 0.717) is 17.8 Å². The Morgan fingerprint density at radius 2 is 2.05 bits per heavy atom. The minimum absolute atomic E-state index is 0.0317. The Morgan fingerprint density at radius 3 is 2.55 bits per heavy atom. The van der Waals surface area contributed by atoms with E-state index < -0.39 is 5.60 Å². The molecule has 20 heavy (non-hydrogen) atoms. The van der Waals surface area contributed by atoms with Crippen LogP contribution in [0.15, 0.2) is 12.3 Å². The number of pyridine rings is 1. The molecule has 0 atom stereocenters. The fourth-order valence-electron chi connectivity index (χ4n) is 3.46. The van der Waals surface area contributed by atoms with E-state index in [1.807, 2.05) is 0 Å². The van der Waals surface area contributed by atoms with Crippen molar-refractivity contribution in [1.29, 1.82) is 5.26 Å². The van der Waals surface area contributed by atoms with Crippen LogP contribution in [-0.4, -0.2) is 22.2 Å². The first-order valence-corrected chi connectivity index (χ1v) is 7.21. The fourth-order valence-corrected chi connectivity index (χ4v) is 3.46. The fraction of sp³-hybridized carbons (Fsp3) is 0.600. The minimum atomic E-state index is -0.510. The predicted molar refractivity (Wildman–Crippen MR) is 76.9 cm³/mol. The number of anilines is 2. The third-order valence-electron chi connectivity index (χ3n) is 5.19. The van der Waals surface area contributed by atoms with Crippen LogP contribution in [0.5, 0.6) is 0 Å². The lowest BCUT2D eigenvalue weighted by molar-refractivity contribution is -0.167. The second kappa shape index (κ2) is 4.64. The molecule has 0 unspecified atom stereocenters. The summed E-state index contributed by atoms with van der Waals surface area (Å²) in [7, 11) is 0. The first-order valence-electron chi connectivity index (χ1n) is 7.21. The Morgan fingerprint density at radius 1 is 1.35 bits per heavy atom. The zero-order chi connectivity index (χ0) is 14.2. The Kier molecular flexibility index (Phi) is 3.06. The zero-order valence-electron chi connectivity index (χ0n) is 11.5. The normalized spacial score (nSPS) is 22.2. The second-order valence-electron chi connectivity index (χ2n) is 6.10. The number of nitrogen functional groups attached to an aromatic ring is 1. The first kappa shape index (κ1) is 13.2. The number of nitrogens with one attached hydrogen (secondary N) is 1. The number of nitrogens with zero attached hydrogens (tertiary/aromatic N) is 2. The van der Waals surface area contributed by atoms with E-state index in [-0.39, 0.29) is 11.2 Å². The van der Waals surface area contributed by atoms with Gasteiger partial charge < -0.3 is 16.2 Å². The predicted octanol–water partition coefficient (Wildman–Crippen LogP) is 2.03. The Hall–Kier alpha value is -1.80. The van der Waals surface area contributed by atoms with Crippen LogP contribution in [0.2, 0.25) is 0 Å². The molecule has 0 saturated heterocycles. The van der Waals surface area contributed by atoms with Crippen molar-refractivity contribution in [3.63, 3.8) is 0 Å². The highest BCUT2D eigenvalue weighted by molar-refractivity contribution is 5.66. The largest absolute Gasteiger partial charge is 0.389 e. The lowest BCUT2D eigenvalue weighted by atomic mass is 9.52. The van der Waals surface area contributed by atoms with Crippen molar-refractivity contribution >= 4 is 11.5 Å². The average Bonchev–Trinajstić information content (AvgIpc) is 2.35. The van der Waals surface area contributed by atoms with Crippen LogP contribution < -0.4 is 11.1 Å². The van der Waals surface area contributed by atoms with Crippen LogP contribution in [-0.2, 0) is 0 Å². The Bertz CT molecular complexity index is 555. The number of aliphatic hydroxyl groups is 1. The number of nitriles is 1. The van der Waals surface area contributed by atoms with Gasteiger partial charge in [-0.15, -0.1) is 0 Å². The topological polar surface area (TPSA) is 95.0 Å². The minimum Gasteiger partial charge on any atom is -0.389 e. The summed E-state index contributed by atoms with van der Waals surface area (Å²) in [5.74, 6) is 0.252. The van der Waals surface area contributed by atoms with Crippen molar-refractivity contribution in [2.24, 2.45) is 5.41 Å². The van der Waals surface area contributed by atoms with Gasteiger partial charge in [0, 0.05) is 18.2 Å². The number of hydrogen-bond donors (Lipinski definition) is 3. The Balaban J connectivity index is 1.76. The quantitative estimate of drug-likeness (QED) is 0.779. The van der Waals surface area contributed by atoms with Crippen molar-refractivity contribution in [2.45, 2.75) is 44.1 Å². The van der Waals surface area contributed by atoms with Crippen molar-refractivity contribution in [3.05, 3.63) is 17.8 Å². The van der Waals surface area contributed by atoms with Gasteiger partial charge >= 0.3 is 0 Å². The van der Waals surface area contributed by atoms with E-state index in [2.05, 4.69) is 16.4 Å². The molecule has 106 valence electrons. The second-order valence-corrected chi connectivity index (χ2v) is 6.10. The molecular weight excluding hydrogens is 252 g/mol. The van der Waals surface area contributed by atoms with E-state index in [1.165, 1.54) is 6.42 Å². The lowest BCUT2D eigenvalue weighted by Crippen LogP contribution is -2.59. The number of nitrogens with two attached hydrogens (primary N) is 1. The van der Waals surface area contributed by atoms with E-state index in [0.717, 1.165) is 32.1 Å². The van der Waals surface area contributed by atoms with Crippen LogP contribution in [0.25, 0.3) is 0 Å². The molecule has 2 fully saturated rings. The van der Waals surface area contributed by atoms with Crippen molar-refractivity contribution in [3.8, 4) is 6.07 Å². The highest BCUT2D eigenvalue weighted by Crippen LogP contribution is 2.57. The maximum absolute atomic E-state index is 10.7. The summed E-state index contributed by atoms with van der Waals surface area (Å²) < 4.78 is 0. The monoisotopic (exact) mass is 272 g/mol. The van der Waals surface area contributed by atoms with Crippen molar-refractivity contribution < 1.29 is 5.11 Å². The molecule has 0 spiro atoms. The molecule has 0 aromatic carbocycles. The Labute approximate surface area is 118 Å². The van der Waals surface area contributed by atoms with Crippen LogP contribution in [0.3, 0.4) is 0 Å². The van der Waals surface area contributed by atoms with Gasteiger partial charge in [0.1, 0.15) is 17.5 Å². The maximum atomic E-state index is 10.7. The molecule has 2 saturated carbocycles. The molecule has 0 bridgehead atoms. The summed E-state index contributed by atoms with van der Waals surface area (Å²) in [5, 5.41) is 23.2. The number of aromatic nitrogens is 1. The smallest absolute Gasteiger partial charge is 0.143 e. The van der Waals surface area contributed by atoms with Gasteiger partial charge in [-0.05, 0) is 38.2 Å². The van der Waals surface area contributed by atoms with E-state index in [4.69, 9.17) is 11.0 Å². The number of rotatable bonds is 4. The van der Waals surface area contributed by atoms with Crippen LogP contribution in [0, 0.1) is 16.7 Å². The summed E-state index contributed by atoms with van der Waals surface area (Å²) in [5.41, 5.74) is 6.28. The molecular formula is C15H20N4O. The molecule has 3 rings (SSSR count). The molecule has 0 amide bonds. The molecule has 1 heterocycles. The SMILES string of the molecule is N#Cc1c(NCC2(C3(O)CCC3)CCC2)ccnc1N. The van der Waals surface area contributed by atoms with Gasteiger partial charge in [-0.25, -0.2) is 4.98 Å². The van der Waals surface area contributed by atoms with Crippen molar-refractivity contribution in [2.75, 3.05) is 17.6 Å². The van der Waals surface area contributed by atoms with Gasteiger partial charge in [0.2, 0.25) is 0 Å². The molecule has 2 aliphatic rings. The zero-order valence-corrected chi connectivity index (χ0v) is 11.5. The van der Waals surface area contributed by atoms with Crippen LogP contribution in [0.1, 0.15) is 44.1 Å². The van der Waals surface area contributed by atoms with E-state index in [1.54, 1.807) is 12.3 Å². The summed E-state index contributed by atoms with van der Waals surface area (Å²) in [4.78, 5) is 3.93. The molecule has 0 aliphatic heterocycles. The lowest BCUT2D eigenvalue weighted by Gasteiger charge is -2.58. The molecule has 4 N–H and O–H groups in total.